The van der Waals surface area contributed by atoms with Crippen LogP contribution in [0.25, 0.3) is 0 Å². The minimum Gasteiger partial charge on any atom is -0.352 e. The van der Waals surface area contributed by atoms with E-state index in [4.69, 9.17) is 0 Å². The summed E-state index contributed by atoms with van der Waals surface area (Å²) in [6, 6.07) is 0.860. The smallest absolute Gasteiger partial charge is 0.237 e. The average molecular weight is 283 g/mol. The van der Waals surface area contributed by atoms with E-state index in [0.29, 0.717) is 12.1 Å². The first-order chi connectivity index (χ1) is 9.63. The van der Waals surface area contributed by atoms with E-state index < -0.39 is 0 Å². The molecular weight excluding hydrogens is 250 g/mol. The average Bonchev–Trinajstić information content (AvgIpc) is 2.50. The monoisotopic (exact) mass is 283 g/mol. The number of amides is 1. The van der Waals surface area contributed by atoms with Crippen molar-refractivity contribution in [2.24, 2.45) is 0 Å². The number of carbonyl (C=O) groups is 1. The summed E-state index contributed by atoms with van der Waals surface area (Å²) in [6.45, 7) is 11.7. The molecule has 1 aliphatic rings. The molecule has 20 heavy (non-hydrogen) atoms. The fraction of sp³-hybridized carbons (Fsp3) is 0.938. The van der Waals surface area contributed by atoms with E-state index in [1.165, 1.54) is 0 Å². The summed E-state index contributed by atoms with van der Waals surface area (Å²) in [5, 5.41) is 6.60. The van der Waals surface area contributed by atoms with Gasteiger partial charge in [-0.3, -0.25) is 9.69 Å². The number of rotatable bonds is 8. The zero-order valence-electron chi connectivity index (χ0n) is 13.7. The molecule has 0 radical (unpaired) electrons. The van der Waals surface area contributed by atoms with Gasteiger partial charge >= 0.3 is 0 Å². The van der Waals surface area contributed by atoms with Crippen molar-refractivity contribution in [3.63, 3.8) is 0 Å². The summed E-state index contributed by atoms with van der Waals surface area (Å²) in [7, 11) is 0. The summed E-state index contributed by atoms with van der Waals surface area (Å²) in [5.41, 5.74) is 0. The van der Waals surface area contributed by atoms with Crippen molar-refractivity contribution < 1.29 is 4.79 Å². The third-order valence-electron chi connectivity index (χ3n) is 4.47. The highest BCUT2D eigenvalue weighted by molar-refractivity contribution is 5.81. The maximum atomic E-state index is 12.5. The predicted molar refractivity (Wildman–Crippen MR) is 84.9 cm³/mol. The van der Waals surface area contributed by atoms with Gasteiger partial charge in [0.2, 0.25) is 5.91 Å². The second-order valence-electron chi connectivity index (χ2n) is 5.92. The van der Waals surface area contributed by atoms with Crippen molar-refractivity contribution in [2.75, 3.05) is 19.6 Å². The van der Waals surface area contributed by atoms with E-state index >= 15 is 0 Å². The highest BCUT2D eigenvalue weighted by Gasteiger charge is 2.29. The highest BCUT2D eigenvalue weighted by atomic mass is 16.2. The third-order valence-corrected chi connectivity index (χ3v) is 4.47. The maximum absolute atomic E-state index is 12.5. The van der Waals surface area contributed by atoms with E-state index in [0.717, 1.165) is 51.7 Å². The maximum Gasteiger partial charge on any atom is 0.237 e. The molecule has 4 nitrogen and oxygen atoms in total. The zero-order chi connectivity index (χ0) is 15.0. The molecule has 1 amide bonds. The molecule has 0 aromatic heterocycles. The van der Waals surface area contributed by atoms with Gasteiger partial charge in [-0.2, -0.15) is 0 Å². The molecule has 0 aromatic rings. The lowest BCUT2D eigenvalue weighted by Gasteiger charge is -2.38. The van der Waals surface area contributed by atoms with Crippen molar-refractivity contribution in [3.05, 3.63) is 0 Å². The molecule has 118 valence electrons. The standard InChI is InChI=1S/C16H33N3O/c1-5-12-19(15-8-10-17-11-9-15)13(4)16(20)18-14(6-2)7-3/h13-15,17H,5-12H2,1-4H3,(H,18,20). The zero-order valence-corrected chi connectivity index (χ0v) is 13.7. The number of hydrogen-bond acceptors (Lipinski definition) is 3. The first-order valence-corrected chi connectivity index (χ1v) is 8.40. The van der Waals surface area contributed by atoms with Gasteiger partial charge in [-0.05, 0) is 58.7 Å². The van der Waals surface area contributed by atoms with E-state index in [-0.39, 0.29) is 11.9 Å². The summed E-state index contributed by atoms with van der Waals surface area (Å²) in [5.74, 6) is 0.200. The van der Waals surface area contributed by atoms with Crippen molar-refractivity contribution in [1.29, 1.82) is 0 Å². The molecule has 0 aromatic carbocycles. The Morgan fingerprint density at radius 1 is 1.25 bits per heavy atom. The number of nitrogens with one attached hydrogen (secondary N) is 2. The molecule has 0 spiro atoms. The van der Waals surface area contributed by atoms with E-state index in [9.17, 15) is 4.79 Å². The van der Waals surface area contributed by atoms with Crippen LogP contribution in [0.1, 0.15) is 59.8 Å². The van der Waals surface area contributed by atoms with Crippen LogP contribution in [0.2, 0.25) is 0 Å². The molecule has 1 unspecified atom stereocenters. The molecule has 1 saturated heterocycles. The topological polar surface area (TPSA) is 44.4 Å². The minimum absolute atomic E-state index is 0.0151. The lowest BCUT2D eigenvalue weighted by Crippen LogP contribution is -2.54. The van der Waals surface area contributed by atoms with Gasteiger partial charge in [-0.1, -0.05) is 20.8 Å². The van der Waals surface area contributed by atoms with Gasteiger partial charge in [-0.25, -0.2) is 0 Å². The van der Waals surface area contributed by atoms with Gasteiger partial charge in [0, 0.05) is 12.1 Å². The fourth-order valence-corrected chi connectivity index (χ4v) is 3.05. The SMILES string of the molecule is CCCN(C1CCNCC1)C(C)C(=O)NC(CC)CC. The largest absolute Gasteiger partial charge is 0.352 e. The van der Waals surface area contributed by atoms with Gasteiger partial charge in [0.15, 0.2) is 0 Å². The fourth-order valence-electron chi connectivity index (χ4n) is 3.05. The molecule has 1 aliphatic heterocycles. The predicted octanol–water partition coefficient (Wildman–Crippen LogP) is 2.14. The van der Waals surface area contributed by atoms with Crippen LogP contribution in [0.3, 0.4) is 0 Å². The molecule has 2 N–H and O–H groups in total. The summed E-state index contributed by atoms with van der Waals surface area (Å²) in [6.07, 6.45) is 5.43. The first kappa shape index (κ1) is 17.4. The molecule has 0 saturated carbocycles. The Balaban J connectivity index is 2.61. The molecule has 4 heteroatoms. The first-order valence-electron chi connectivity index (χ1n) is 8.40. The molecule has 0 aliphatic carbocycles. The Morgan fingerprint density at radius 2 is 1.85 bits per heavy atom. The Kier molecular flexibility index (Phi) is 8.15. The van der Waals surface area contributed by atoms with Gasteiger partial charge in [0.1, 0.15) is 0 Å². The van der Waals surface area contributed by atoms with Crippen LogP contribution in [-0.4, -0.2) is 48.6 Å². The number of hydrogen-bond donors (Lipinski definition) is 2. The molecule has 1 atom stereocenters. The van der Waals surface area contributed by atoms with Crippen LogP contribution in [0.4, 0.5) is 0 Å². The number of piperidine rings is 1. The van der Waals surface area contributed by atoms with Gasteiger partial charge in [0.05, 0.1) is 6.04 Å². The van der Waals surface area contributed by atoms with Crippen molar-refractivity contribution in [3.8, 4) is 0 Å². The Morgan fingerprint density at radius 3 is 2.35 bits per heavy atom. The van der Waals surface area contributed by atoms with Crippen LogP contribution in [0.5, 0.6) is 0 Å². The molecule has 0 bridgehead atoms. The van der Waals surface area contributed by atoms with Crippen LogP contribution in [-0.2, 0) is 4.79 Å². The van der Waals surface area contributed by atoms with Crippen LogP contribution >= 0.6 is 0 Å². The second kappa shape index (κ2) is 9.35. The van der Waals surface area contributed by atoms with Crippen molar-refractivity contribution >= 4 is 5.91 Å². The summed E-state index contributed by atoms with van der Waals surface area (Å²) in [4.78, 5) is 14.9. The lowest BCUT2D eigenvalue weighted by molar-refractivity contribution is -0.127. The quantitative estimate of drug-likeness (QED) is 0.717. The highest BCUT2D eigenvalue weighted by Crippen LogP contribution is 2.16. The summed E-state index contributed by atoms with van der Waals surface area (Å²) < 4.78 is 0. The van der Waals surface area contributed by atoms with E-state index in [2.05, 4.69) is 43.2 Å². The Labute approximate surface area is 124 Å². The van der Waals surface area contributed by atoms with Crippen molar-refractivity contribution in [1.82, 2.24) is 15.5 Å². The van der Waals surface area contributed by atoms with Crippen LogP contribution < -0.4 is 10.6 Å². The molecule has 1 fully saturated rings. The van der Waals surface area contributed by atoms with E-state index in [1.54, 1.807) is 0 Å². The Hall–Kier alpha value is -0.610. The van der Waals surface area contributed by atoms with Gasteiger partial charge in [-0.15, -0.1) is 0 Å². The van der Waals surface area contributed by atoms with Gasteiger partial charge in [0.25, 0.3) is 0 Å². The lowest BCUT2D eigenvalue weighted by atomic mass is 10.0. The third kappa shape index (κ3) is 5.06. The number of nitrogens with zero attached hydrogens (tertiary/aromatic N) is 1. The molecule has 1 rings (SSSR count). The van der Waals surface area contributed by atoms with Crippen LogP contribution in [0, 0.1) is 0 Å². The normalized spacial score (nSPS) is 18.5. The van der Waals surface area contributed by atoms with Crippen molar-refractivity contribution in [2.45, 2.75) is 77.9 Å². The second-order valence-corrected chi connectivity index (χ2v) is 5.92. The Bertz CT molecular complexity index is 273. The van der Waals surface area contributed by atoms with E-state index in [1.807, 2.05) is 0 Å². The summed E-state index contributed by atoms with van der Waals surface area (Å²) >= 11 is 0. The molecule has 1 heterocycles. The van der Waals surface area contributed by atoms with Crippen LogP contribution in [0.15, 0.2) is 0 Å². The number of carbonyl (C=O) groups excluding carboxylic acids is 1. The minimum atomic E-state index is -0.0151. The molecular formula is C16H33N3O. The van der Waals surface area contributed by atoms with Gasteiger partial charge < -0.3 is 10.6 Å².